The monoisotopic (exact) mass is 1080 g/mol. The summed E-state index contributed by atoms with van der Waals surface area (Å²) in [5.74, 6) is -7.60. The number of hydrogen-bond donors (Lipinski definition) is 12. The van der Waals surface area contributed by atoms with Crippen molar-refractivity contribution >= 4 is 126 Å². The van der Waals surface area contributed by atoms with Gasteiger partial charge in [0.1, 0.15) is 21.9 Å². The Morgan fingerprint density at radius 2 is 0.750 bits per heavy atom. The van der Waals surface area contributed by atoms with Crippen LogP contribution in [0, 0.1) is 0 Å². The van der Waals surface area contributed by atoms with E-state index in [2.05, 4.69) is 61.8 Å². The molecule has 76 heavy (non-hydrogen) atoms. The largest absolute Gasteiger partial charge is 0.481 e. The summed E-state index contributed by atoms with van der Waals surface area (Å²) in [5, 5.41) is 54.1. The van der Waals surface area contributed by atoms with Crippen molar-refractivity contribution in [3.8, 4) is 0 Å². The number of benzene rings is 4. The molecule has 28 nitrogen and oxygen atoms in total. The molecular formula is C46H44N12O16S2. The Morgan fingerprint density at radius 1 is 0.461 bits per heavy atom. The number of carboxylic acid groups (broad SMARTS) is 4. The first kappa shape index (κ1) is 55.8. The van der Waals surface area contributed by atoms with Gasteiger partial charge in [0.2, 0.25) is 35.7 Å². The predicted molar refractivity (Wildman–Crippen MR) is 271 cm³/mol. The zero-order valence-corrected chi connectivity index (χ0v) is 41.1. The molecule has 0 aliphatic heterocycles. The van der Waals surface area contributed by atoms with E-state index in [4.69, 9.17) is 10.2 Å². The average Bonchev–Trinajstić information content (AvgIpc) is 3.33. The maximum atomic E-state index is 12.8. The number of aromatic nitrogens is 6. The number of aliphatic carboxylic acids is 4. The first-order valence-electron chi connectivity index (χ1n) is 22.0. The fraction of sp³-hybridized carbons (Fsp3) is 0.174. The summed E-state index contributed by atoms with van der Waals surface area (Å²) in [6.45, 7) is 2.74. The third-order valence-corrected chi connectivity index (χ3v) is 12.2. The summed E-state index contributed by atoms with van der Waals surface area (Å²) in [6, 6.07) is 16.1. The smallest absolute Gasteiger partial charge is 0.326 e. The van der Waals surface area contributed by atoms with Crippen molar-refractivity contribution in [1.29, 1.82) is 0 Å². The van der Waals surface area contributed by atoms with Crippen molar-refractivity contribution in [3.05, 3.63) is 107 Å². The van der Waals surface area contributed by atoms with Gasteiger partial charge in [0, 0.05) is 46.7 Å². The van der Waals surface area contributed by atoms with Crippen LogP contribution in [0.5, 0.6) is 0 Å². The summed E-state index contributed by atoms with van der Waals surface area (Å²) in [6.07, 6.45) is 0.374. The van der Waals surface area contributed by atoms with Gasteiger partial charge in [-0.05, 0) is 111 Å². The number of ketones is 2. The maximum absolute atomic E-state index is 12.8. The third-order valence-electron chi connectivity index (χ3n) is 10.4. The van der Waals surface area contributed by atoms with Crippen molar-refractivity contribution < 1.29 is 75.1 Å². The van der Waals surface area contributed by atoms with Crippen LogP contribution in [-0.2, 0) is 39.4 Å². The Kier molecular flexibility index (Phi) is 17.6. The number of hydrogen-bond acceptors (Lipinski definition) is 22. The van der Waals surface area contributed by atoms with Gasteiger partial charge in [-0.1, -0.05) is 24.3 Å². The standard InChI is InChI=1S/C46H44N12O16S2/c1-23(59)25-5-11-29(12-6-25)47-41-53-43(57-45(55-41)51-33(39(65)66)17-19-37(61)62)49-31-15-9-27(35(21-31)75(69,70)71)3-4-28-10-16-32(22-36(28)76(72,73)74)50-44-54-42(48-30-13-7-26(8-14-30)24(2)60)56-46(58-44)52-34(40(67)68)18-20-38(63)64/h3-16,21-22,33-34H,17-20H2,1-2H3,(H,61,62)(H,63,64)(H,65,66)(H,67,68)(H,69,70,71)(H,72,73,74)(H3,47,49,51,53,55,57)(H3,48,50,52,54,56,58)/b4-3+. The van der Waals surface area contributed by atoms with Gasteiger partial charge >= 0.3 is 23.9 Å². The van der Waals surface area contributed by atoms with Crippen LogP contribution in [0.2, 0.25) is 0 Å². The van der Waals surface area contributed by atoms with Crippen LogP contribution in [-0.4, -0.2) is 124 Å². The second-order valence-electron chi connectivity index (χ2n) is 16.1. The van der Waals surface area contributed by atoms with Crippen LogP contribution >= 0.6 is 0 Å². The van der Waals surface area contributed by atoms with E-state index in [0.717, 1.165) is 24.3 Å². The van der Waals surface area contributed by atoms with E-state index in [1.165, 1.54) is 86.6 Å². The minimum absolute atomic E-state index is 0.0759. The molecule has 0 bridgehead atoms. The zero-order chi connectivity index (χ0) is 55.5. The highest BCUT2D eigenvalue weighted by Gasteiger charge is 2.24. The Labute approximate surface area is 430 Å². The molecule has 0 saturated carbocycles. The van der Waals surface area contributed by atoms with E-state index in [0.29, 0.717) is 22.5 Å². The molecule has 2 heterocycles. The molecule has 0 aliphatic rings. The number of nitrogens with zero attached hydrogens (tertiary/aromatic N) is 6. The molecule has 396 valence electrons. The summed E-state index contributed by atoms with van der Waals surface area (Å²) >= 11 is 0. The van der Waals surface area contributed by atoms with Gasteiger partial charge in [0.15, 0.2) is 11.6 Å². The van der Waals surface area contributed by atoms with Crippen molar-refractivity contribution in [2.75, 3.05) is 31.9 Å². The highest BCUT2D eigenvalue weighted by Crippen LogP contribution is 2.29. The topological polar surface area (TPSA) is 442 Å². The summed E-state index contributed by atoms with van der Waals surface area (Å²) in [4.78, 5) is 93.8. The Morgan fingerprint density at radius 3 is 1.03 bits per heavy atom. The van der Waals surface area contributed by atoms with Gasteiger partial charge < -0.3 is 52.3 Å². The highest BCUT2D eigenvalue weighted by atomic mass is 32.2. The summed E-state index contributed by atoms with van der Waals surface area (Å²) in [5.41, 5.74) is 0.948. The lowest BCUT2D eigenvalue weighted by molar-refractivity contribution is -0.141. The average molecular weight is 1090 g/mol. The normalized spacial score (nSPS) is 12.2. The van der Waals surface area contributed by atoms with Crippen LogP contribution in [0.4, 0.5) is 58.4 Å². The molecule has 2 atom stereocenters. The molecule has 2 aromatic heterocycles. The van der Waals surface area contributed by atoms with Gasteiger partial charge in [-0.15, -0.1) is 0 Å². The van der Waals surface area contributed by atoms with Crippen LogP contribution in [0.25, 0.3) is 12.2 Å². The van der Waals surface area contributed by atoms with Crippen molar-refractivity contribution in [1.82, 2.24) is 29.9 Å². The van der Waals surface area contributed by atoms with Crippen LogP contribution in [0.1, 0.15) is 71.4 Å². The Hall–Kier alpha value is -9.52. The third kappa shape index (κ3) is 16.0. The number of Topliss-reactive ketones (excluding diaryl/α,β-unsaturated/α-hetero) is 2. The number of anilines is 10. The first-order valence-corrected chi connectivity index (χ1v) is 24.8. The molecule has 4 aromatic carbocycles. The molecule has 0 aliphatic carbocycles. The minimum atomic E-state index is -5.08. The molecule has 0 radical (unpaired) electrons. The minimum Gasteiger partial charge on any atom is -0.481 e. The number of carbonyl (C=O) groups excluding carboxylic acids is 2. The SMILES string of the molecule is CC(=O)c1ccc(Nc2nc(Nc3ccc(/C=C/c4ccc(Nc5nc(Nc6ccc(C(C)=O)cc6)nc(NC(CCC(=O)O)C(=O)O)n5)cc4S(=O)(=O)O)c(S(=O)(=O)O)c3)nc(NC(CCC(=O)O)C(=O)O)n2)cc1. The molecule has 0 fully saturated rings. The van der Waals surface area contributed by atoms with E-state index in [-0.39, 0.29) is 82.6 Å². The molecule has 0 saturated heterocycles. The van der Waals surface area contributed by atoms with Gasteiger partial charge in [0.05, 0.1) is 0 Å². The molecule has 6 rings (SSSR count). The van der Waals surface area contributed by atoms with Gasteiger partial charge in [0.25, 0.3) is 20.2 Å². The Bertz CT molecular complexity index is 3260. The molecular weight excluding hydrogens is 1040 g/mol. The number of nitrogens with one attached hydrogen (secondary N) is 6. The van der Waals surface area contributed by atoms with Crippen molar-refractivity contribution in [2.24, 2.45) is 0 Å². The number of rotatable bonds is 26. The molecule has 0 spiro atoms. The van der Waals surface area contributed by atoms with Crippen LogP contribution in [0.15, 0.2) is 94.7 Å². The van der Waals surface area contributed by atoms with Crippen LogP contribution < -0.4 is 31.9 Å². The van der Waals surface area contributed by atoms with E-state index in [1.54, 1.807) is 0 Å². The lowest BCUT2D eigenvalue weighted by Crippen LogP contribution is -2.31. The predicted octanol–water partition coefficient (Wildman–Crippen LogP) is 5.56. The van der Waals surface area contributed by atoms with E-state index >= 15 is 0 Å². The fourth-order valence-corrected chi connectivity index (χ4v) is 8.11. The Balaban J connectivity index is 1.31. The fourth-order valence-electron chi connectivity index (χ4n) is 6.69. The number of carbonyl (C=O) groups is 6. The van der Waals surface area contributed by atoms with Crippen molar-refractivity contribution in [3.63, 3.8) is 0 Å². The second kappa shape index (κ2) is 24.0. The molecule has 12 N–H and O–H groups in total. The first-order chi connectivity index (χ1) is 35.8. The molecule has 2 unspecified atom stereocenters. The molecule has 6 aromatic rings. The zero-order valence-electron chi connectivity index (χ0n) is 39.5. The van der Waals surface area contributed by atoms with E-state index < -0.39 is 78.8 Å². The van der Waals surface area contributed by atoms with Crippen LogP contribution in [0.3, 0.4) is 0 Å². The van der Waals surface area contributed by atoms with E-state index in [1.807, 2.05) is 0 Å². The molecule has 30 heteroatoms. The quantitative estimate of drug-likeness (QED) is 0.0180. The second-order valence-corrected chi connectivity index (χ2v) is 18.9. The number of carboxylic acids is 4. The maximum Gasteiger partial charge on any atom is 0.326 e. The van der Waals surface area contributed by atoms with E-state index in [9.17, 15) is 64.9 Å². The lowest BCUT2D eigenvalue weighted by Gasteiger charge is -2.16. The summed E-state index contributed by atoms with van der Waals surface area (Å²) < 4.78 is 71.9. The lowest BCUT2D eigenvalue weighted by atomic mass is 10.1. The van der Waals surface area contributed by atoms with Crippen molar-refractivity contribution in [2.45, 2.75) is 61.4 Å². The van der Waals surface area contributed by atoms with Gasteiger partial charge in [-0.2, -0.15) is 46.7 Å². The highest BCUT2D eigenvalue weighted by molar-refractivity contribution is 7.86. The summed E-state index contributed by atoms with van der Waals surface area (Å²) in [7, 11) is -10.2. The van der Waals surface area contributed by atoms with Gasteiger partial charge in [-0.3, -0.25) is 28.3 Å². The molecule has 0 amide bonds. The van der Waals surface area contributed by atoms with Gasteiger partial charge in [-0.25, -0.2) is 9.59 Å².